The molecule has 0 saturated carbocycles. The van der Waals surface area contributed by atoms with Crippen LogP contribution in [0.5, 0.6) is 0 Å². The number of hydrogen-bond acceptors (Lipinski definition) is 6. The number of likely N-dealkylation sites (tertiary alicyclic amines) is 1. The van der Waals surface area contributed by atoms with Crippen molar-refractivity contribution in [1.82, 2.24) is 24.4 Å². The number of aromatic nitrogens is 4. The molecule has 1 saturated heterocycles. The number of hydrogen-bond donors (Lipinski definition) is 1. The molecule has 0 aliphatic carbocycles. The van der Waals surface area contributed by atoms with Crippen LogP contribution in [0.1, 0.15) is 23.6 Å². The number of nitrogen functional groups attached to an aromatic ring is 1. The van der Waals surface area contributed by atoms with E-state index >= 15 is 0 Å². The topological polar surface area (TPSA) is 107 Å². The van der Waals surface area contributed by atoms with E-state index in [4.69, 9.17) is 5.73 Å². The van der Waals surface area contributed by atoms with Crippen molar-refractivity contribution in [3.8, 4) is 11.3 Å². The highest BCUT2D eigenvalue weighted by molar-refractivity contribution is 5.79. The van der Waals surface area contributed by atoms with Crippen LogP contribution >= 0.6 is 0 Å². The van der Waals surface area contributed by atoms with Crippen molar-refractivity contribution in [2.75, 3.05) is 18.8 Å². The molecule has 2 bridgehead atoms. The summed E-state index contributed by atoms with van der Waals surface area (Å²) in [5.41, 5.74) is 8.99. The highest BCUT2D eigenvalue weighted by atomic mass is 16.2. The maximum atomic E-state index is 12.9. The molecular weight excluding hydrogens is 380 g/mol. The molecule has 0 spiro atoms. The van der Waals surface area contributed by atoms with Gasteiger partial charge in [0.25, 0.3) is 5.56 Å². The molecular formula is C22H22N6O2. The van der Waals surface area contributed by atoms with E-state index in [0.29, 0.717) is 37.6 Å². The summed E-state index contributed by atoms with van der Waals surface area (Å²) in [4.78, 5) is 40.0. The zero-order chi connectivity index (χ0) is 20.7. The van der Waals surface area contributed by atoms with Crippen LogP contribution in [0, 0.1) is 5.92 Å². The van der Waals surface area contributed by atoms with Gasteiger partial charge in [0.05, 0.1) is 12.1 Å². The highest BCUT2D eigenvalue weighted by Gasteiger charge is 2.36. The molecule has 30 heavy (non-hydrogen) atoms. The van der Waals surface area contributed by atoms with Gasteiger partial charge < -0.3 is 15.2 Å². The van der Waals surface area contributed by atoms with Crippen LogP contribution in [-0.4, -0.2) is 43.4 Å². The summed E-state index contributed by atoms with van der Waals surface area (Å²) in [6, 6.07) is 9.06. The van der Waals surface area contributed by atoms with Gasteiger partial charge in [-0.15, -0.1) is 0 Å². The molecule has 8 nitrogen and oxygen atoms in total. The van der Waals surface area contributed by atoms with Crippen LogP contribution in [0.4, 0.5) is 5.82 Å². The maximum absolute atomic E-state index is 12.9. The monoisotopic (exact) mass is 402 g/mol. The third-order valence-electron chi connectivity index (χ3n) is 5.97. The number of amides is 1. The van der Waals surface area contributed by atoms with E-state index in [1.54, 1.807) is 24.5 Å². The Kier molecular flexibility index (Phi) is 4.54. The average molecular weight is 402 g/mol. The quantitative estimate of drug-likeness (QED) is 0.711. The maximum Gasteiger partial charge on any atom is 0.251 e. The lowest BCUT2D eigenvalue weighted by Gasteiger charge is -2.43. The minimum Gasteiger partial charge on any atom is -0.384 e. The number of nitrogens with zero attached hydrogens (tertiary/aromatic N) is 5. The van der Waals surface area contributed by atoms with Gasteiger partial charge in [0.2, 0.25) is 5.91 Å². The molecule has 1 amide bonds. The van der Waals surface area contributed by atoms with Gasteiger partial charge in [-0.2, -0.15) is 0 Å². The van der Waals surface area contributed by atoms with Crippen molar-refractivity contribution in [3.05, 3.63) is 70.7 Å². The van der Waals surface area contributed by atoms with Gasteiger partial charge in [-0.05, 0) is 30.0 Å². The van der Waals surface area contributed by atoms with Gasteiger partial charge in [0.15, 0.2) is 0 Å². The lowest BCUT2D eigenvalue weighted by Crippen LogP contribution is -2.49. The van der Waals surface area contributed by atoms with E-state index in [-0.39, 0.29) is 23.3 Å². The smallest absolute Gasteiger partial charge is 0.251 e. The minimum absolute atomic E-state index is 0.0375. The molecule has 152 valence electrons. The Morgan fingerprint density at radius 1 is 1.17 bits per heavy atom. The number of nitrogens with two attached hydrogens (primary N) is 1. The second-order valence-electron chi connectivity index (χ2n) is 8.08. The molecule has 1 fully saturated rings. The lowest BCUT2D eigenvalue weighted by atomic mass is 9.82. The van der Waals surface area contributed by atoms with Gasteiger partial charge >= 0.3 is 0 Å². The van der Waals surface area contributed by atoms with Gasteiger partial charge in [0.1, 0.15) is 12.1 Å². The molecule has 3 aromatic rings. The molecule has 2 aliphatic rings. The Hall–Kier alpha value is -3.55. The molecule has 0 unspecified atom stereocenters. The second kappa shape index (κ2) is 7.37. The fraction of sp³-hybridized carbons (Fsp3) is 0.318. The van der Waals surface area contributed by atoms with Crippen LogP contribution in [0.3, 0.4) is 0 Å². The minimum atomic E-state index is -0.0375. The molecule has 2 N–H and O–H groups in total. The summed E-state index contributed by atoms with van der Waals surface area (Å²) in [7, 11) is 0. The first-order chi connectivity index (χ1) is 14.6. The Morgan fingerprint density at radius 2 is 2.07 bits per heavy atom. The normalized spacial score (nSPS) is 19.9. The third kappa shape index (κ3) is 3.45. The fourth-order valence-corrected chi connectivity index (χ4v) is 4.63. The summed E-state index contributed by atoms with van der Waals surface area (Å²) in [5, 5.41) is 0. The van der Waals surface area contributed by atoms with Crippen molar-refractivity contribution in [2.45, 2.75) is 25.3 Å². The van der Waals surface area contributed by atoms with Crippen LogP contribution in [-0.2, 0) is 17.8 Å². The van der Waals surface area contributed by atoms with Crippen molar-refractivity contribution in [2.24, 2.45) is 5.92 Å². The number of fused-ring (bicyclic) bond motifs is 4. The van der Waals surface area contributed by atoms with Gasteiger partial charge in [-0.3, -0.25) is 14.6 Å². The van der Waals surface area contributed by atoms with Crippen LogP contribution < -0.4 is 11.3 Å². The highest BCUT2D eigenvalue weighted by Crippen LogP contribution is 2.36. The number of rotatable bonds is 3. The van der Waals surface area contributed by atoms with Gasteiger partial charge in [0, 0.05) is 61.3 Å². The Labute approximate surface area is 173 Å². The van der Waals surface area contributed by atoms with E-state index in [2.05, 4.69) is 15.0 Å². The average Bonchev–Trinajstić information content (AvgIpc) is 2.75. The first-order valence-corrected chi connectivity index (χ1v) is 10.1. The number of carbonyl (C=O) groups is 1. The van der Waals surface area contributed by atoms with E-state index in [0.717, 1.165) is 23.2 Å². The van der Waals surface area contributed by atoms with Crippen molar-refractivity contribution >= 4 is 11.7 Å². The first-order valence-electron chi connectivity index (χ1n) is 10.1. The Balaban J connectivity index is 1.43. The fourth-order valence-electron chi connectivity index (χ4n) is 4.63. The molecule has 2 aliphatic heterocycles. The zero-order valence-electron chi connectivity index (χ0n) is 16.4. The molecule has 5 heterocycles. The lowest BCUT2D eigenvalue weighted by molar-refractivity contribution is -0.133. The van der Waals surface area contributed by atoms with Crippen molar-refractivity contribution in [3.63, 3.8) is 0 Å². The second-order valence-corrected chi connectivity index (χ2v) is 8.08. The summed E-state index contributed by atoms with van der Waals surface area (Å²) < 4.78 is 1.86. The molecule has 5 rings (SSSR count). The van der Waals surface area contributed by atoms with Crippen LogP contribution in [0.15, 0.2) is 53.8 Å². The number of pyridine rings is 2. The van der Waals surface area contributed by atoms with E-state index in [9.17, 15) is 9.59 Å². The van der Waals surface area contributed by atoms with E-state index < -0.39 is 0 Å². The Morgan fingerprint density at radius 3 is 2.87 bits per heavy atom. The molecule has 0 radical (unpaired) electrons. The van der Waals surface area contributed by atoms with Crippen molar-refractivity contribution in [1.29, 1.82) is 0 Å². The number of carbonyl (C=O) groups excluding carboxylic acids is 1. The Bertz CT molecular complexity index is 1160. The summed E-state index contributed by atoms with van der Waals surface area (Å²) in [6.45, 7) is 1.93. The molecule has 0 aromatic carbocycles. The molecule has 8 heteroatoms. The van der Waals surface area contributed by atoms with E-state index in [1.165, 1.54) is 6.33 Å². The van der Waals surface area contributed by atoms with Gasteiger partial charge in [-0.1, -0.05) is 6.07 Å². The van der Waals surface area contributed by atoms with Crippen LogP contribution in [0.25, 0.3) is 11.3 Å². The molecule has 2 atom stereocenters. The third-order valence-corrected chi connectivity index (χ3v) is 5.97. The standard InChI is InChI=1S/C22H22N6O2/c23-20-8-18(25-13-26-20)16-6-19-17-4-15(11-28(19)22(30)7-16)10-27(12-17)21(29)5-14-2-1-3-24-9-14/h1-3,6-9,13,15,17H,4-5,10-12H2,(H2,23,25,26)/t15-,17+/m0/s1. The number of piperidine rings is 1. The molecule has 3 aromatic heterocycles. The summed E-state index contributed by atoms with van der Waals surface area (Å²) >= 11 is 0. The van der Waals surface area contributed by atoms with Gasteiger partial charge in [-0.25, -0.2) is 9.97 Å². The largest absolute Gasteiger partial charge is 0.384 e. The zero-order valence-corrected chi connectivity index (χ0v) is 16.4. The predicted molar refractivity (Wildman–Crippen MR) is 112 cm³/mol. The summed E-state index contributed by atoms with van der Waals surface area (Å²) in [5.74, 6) is 0.880. The van der Waals surface area contributed by atoms with Crippen molar-refractivity contribution < 1.29 is 4.79 Å². The SMILES string of the molecule is Nc1cc(-c2cc3n(c(=O)c2)C[C@H]2C[C@@H]3CN(C(=O)Cc3cccnc3)C2)ncn1. The number of anilines is 1. The first kappa shape index (κ1) is 18.5. The summed E-state index contributed by atoms with van der Waals surface area (Å²) in [6.07, 6.45) is 6.16. The van der Waals surface area contributed by atoms with Crippen LogP contribution in [0.2, 0.25) is 0 Å². The predicted octanol–water partition coefficient (Wildman–Crippen LogP) is 1.47. The van der Waals surface area contributed by atoms with E-state index in [1.807, 2.05) is 27.7 Å².